The molecule has 0 N–H and O–H groups in total. The summed E-state index contributed by atoms with van der Waals surface area (Å²) in [5, 5.41) is 9.19. The summed E-state index contributed by atoms with van der Waals surface area (Å²) in [5.41, 5.74) is 1.95. The van der Waals surface area contributed by atoms with E-state index in [0.717, 1.165) is 11.4 Å². The van der Waals surface area contributed by atoms with Crippen molar-refractivity contribution in [3.63, 3.8) is 0 Å². The van der Waals surface area contributed by atoms with Gasteiger partial charge in [-0.05, 0) is 0 Å². The SMILES string of the molecule is CCC[CH2][Sn]([CH2]CCC)([CH2]CCC)[c]1nnn(-c2ccc(F)nc2)c1C. The van der Waals surface area contributed by atoms with Crippen LogP contribution in [0.1, 0.15) is 65.0 Å². The third-order valence-corrected chi connectivity index (χ3v) is 20.8. The summed E-state index contributed by atoms with van der Waals surface area (Å²) in [4.78, 5) is 3.78. The van der Waals surface area contributed by atoms with Crippen molar-refractivity contribution >= 4 is 22.1 Å². The van der Waals surface area contributed by atoms with Crippen molar-refractivity contribution in [1.29, 1.82) is 0 Å². The van der Waals surface area contributed by atoms with E-state index >= 15 is 0 Å². The van der Waals surface area contributed by atoms with Gasteiger partial charge in [-0.25, -0.2) is 0 Å². The summed E-state index contributed by atoms with van der Waals surface area (Å²) in [6.07, 6.45) is 9.17. The summed E-state index contributed by atoms with van der Waals surface area (Å²) >= 11 is -2.61. The molecule has 26 heavy (non-hydrogen) atoms. The molecule has 0 aromatic carbocycles. The van der Waals surface area contributed by atoms with E-state index in [-0.39, 0.29) is 0 Å². The van der Waals surface area contributed by atoms with Gasteiger partial charge in [0, 0.05) is 0 Å². The maximum absolute atomic E-state index is 13.2. The van der Waals surface area contributed by atoms with E-state index in [9.17, 15) is 4.39 Å². The molecule has 4 nitrogen and oxygen atoms in total. The quantitative estimate of drug-likeness (QED) is 0.339. The van der Waals surface area contributed by atoms with E-state index in [1.807, 2.05) is 4.68 Å². The fourth-order valence-electron chi connectivity index (χ4n) is 3.83. The summed E-state index contributed by atoms with van der Waals surface area (Å²) in [6, 6.07) is 3.12. The molecule has 0 saturated heterocycles. The van der Waals surface area contributed by atoms with Gasteiger partial charge in [-0.3, -0.25) is 0 Å². The Hall–Kier alpha value is -0.981. The first-order chi connectivity index (χ1) is 12.6. The van der Waals surface area contributed by atoms with Gasteiger partial charge < -0.3 is 0 Å². The molecule has 144 valence electrons. The standard InChI is InChI=1S/C8H6FN4.3C4H9.Sn/c1-6-4-11-12-13(6)7-2-3-8(9)10-5-7;3*1-3-4-2;/h2-3,5H,1H3;3*1,3-4H2,2H3;. The van der Waals surface area contributed by atoms with Gasteiger partial charge in [0.25, 0.3) is 0 Å². The van der Waals surface area contributed by atoms with Crippen LogP contribution in [0.3, 0.4) is 0 Å². The van der Waals surface area contributed by atoms with Gasteiger partial charge in [-0.2, -0.15) is 0 Å². The topological polar surface area (TPSA) is 43.6 Å². The molecule has 0 unspecified atom stereocenters. The van der Waals surface area contributed by atoms with E-state index < -0.39 is 24.3 Å². The van der Waals surface area contributed by atoms with Crippen LogP contribution in [-0.2, 0) is 0 Å². The first kappa shape index (κ1) is 21.3. The molecule has 0 atom stereocenters. The number of unbranched alkanes of at least 4 members (excludes halogenated alkanes) is 3. The molecule has 0 saturated carbocycles. The van der Waals surface area contributed by atoms with Crippen LogP contribution < -0.4 is 3.71 Å². The maximum atomic E-state index is 13.2. The number of hydrogen-bond donors (Lipinski definition) is 0. The zero-order chi connectivity index (χ0) is 19.0. The van der Waals surface area contributed by atoms with E-state index in [1.165, 1.54) is 61.6 Å². The minimum absolute atomic E-state index is 0.464. The molecule has 0 fully saturated rings. The molecule has 2 aromatic heterocycles. The molecule has 6 heteroatoms. The molecule has 0 radical (unpaired) electrons. The second kappa shape index (κ2) is 10.4. The molecule has 2 rings (SSSR count). The fraction of sp³-hybridized carbons (Fsp3) is 0.650. The van der Waals surface area contributed by atoms with Crippen LogP contribution in [-0.4, -0.2) is 38.4 Å². The van der Waals surface area contributed by atoms with E-state index in [1.54, 1.807) is 12.3 Å². The van der Waals surface area contributed by atoms with E-state index in [0.29, 0.717) is 0 Å². The van der Waals surface area contributed by atoms with E-state index in [4.69, 9.17) is 5.10 Å². The second-order valence-electron chi connectivity index (χ2n) is 7.37. The molecule has 0 aliphatic rings. The van der Waals surface area contributed by atoms with Crippen LogP contribution in [0.25, 0.3) is 5.69 Å². The third-order valence-electron chi connectivity index (χ3n) is 5.38. The third kappa shape index (κ3) is 5.05. The number of rotatable bonds is 11. The van der Waals surface area contributed by atoms with Crippen molar-refractivity contribution in [3.05, 3.63) is 30.0 Å². The van der Waals surface area contributed by atoms with Crippen LogP contribution in [0.15, 0.2) is 18.3 Å². The minimum atomic E-state index is -2.61. The predicted molar refractivity (Wildman–Crippen MR) is 108 cm³/mol. The first-order valence-electron chi connectivity index (χ1n) is 10.1. The molecular weight excluding hydrogens is 434 g/mol. The number of hydrogen-bond acceptors (Lipinski definition) is 3. The van der Waals surface area contributed by atoms with Gasteiger partial charge in [0.05, 0.1) is 0 Å². The van der Waals surface area contributed by atoms with Crippen molar-refractivity contribution in [2.75, 3.05) is 0 Å². The summed E-state index contributed by atoms with van der Waals surface area (Å²) in [5.74, 6) is -0.464. The zero-order valence-corrected chi connectivity index (χ0v) is 19.6. The Balaban J connectivity index is 2.43. The molecule has 0 aliphatic heterocycles. The molecule has 2 heterocycles. The average molecular weight is 467 g/mol. The van der Waals surface area contributed by atoms with Crippen molar-refractivity contribution in [2.45, 2.75) is 79.5 Å². The normalized spacial score (nSPS) is 11.9. The second-order valence-corrected chi connectivity index (χ2v) is 20.3. The zero-order valence-electron chi connectivity index (χ0n) is 16.8. The van der Waals surface area contributed by atoms with Crippen molar-refractivity contribution in [2.24, 2.45) is 0 Å². The fourth-order valence-corrected chi connectivity index (χ4v) is 20.0. The van der Waals surface area contributed by atoms with Gasteiger partial charge >= 0.3 is 162 Å². The molecular formula is C20H33FN4Sn. The van der Waals surface area contributed by atoms with Crippen molar-refractivity contribution < 1.29 is 4.39 Å². The Bertz CT molecular complexity index is 647. The van der Waals surface area contributed by atoms with Crippen LogP contribution in [0.4, 0.5) is 4.39 Å². The van der Waals surface area contributed by atoms with Gasteiger partial charge in [0.15, 0.2) is 0 Å². The van der Waals surface area contributed by atoms with Crippen molar-refractivity contribution in [1.82, 2.24) is 20.0 Å². The van der Waals surface area contributed by atoms with Gasteiger partial charge in [0.2, 0.25) is 0 Å². The molecule has 0 bridgehead atoms. The molecule has 0 aliphatic carbocycles. The monoisotopic (exact) mass is 468 g/mol. The summed E-state index contributed by atoms with van der Waals surface area (Å²) in [6.45, 7) is 8.98. The molecule has 2 aromatic rings. The number of nitrogens with zero attached hydrogens (tertiary/aromatic N) is 4. The van der Waals surface area contributed by atoms with Crippen LogP contribution in [0.5, 0.6) is 0 Å². The Morgan fingerprint density at radius 3 is 2.00 bits per heavy atom. The van der Waals surface area contributed by atoms with Crippen LogP contribution in [0.2, 0.25) is 13.3 Å². The first-order valence-corrected chi connectivity index (χ1v) is 17.6. The summed E-state index contributed by atoms with van der Waals surface area (Å²) < 4.78 is 20.5. The van der Waals surface area contributed by atoms with E-state index in [2.05, 4.69) is 37.9 Å². The Labute approximate surface area is 161 Å². The average Bonchev–Trinajstić information content (AvgIpc) is 3.04. The number of aromatic nitrogens is 4. The molecule has 0 amide bonds. The number of pyridine rings is 1. The summed E-state index contributed by atoms with van der Waals surface area (Å²) in [7, 11) is 0. The Morgan fingerprint density at radius 1 is 0.962 bits per heavy atom. The Kier molecular flexibility index (Phi) is 8.51. The van der Waals surface area contributed by atoms with Crippen molar-refractivity contribution in [3.8, 4) is 5.69 Å². The van der Waals surface area contributed by atoms with Gasteiger partial charge in [0.1, 0.15) is 0 Å². The van der Waals surface area contributed by atoms with Gasteiger partial charge in [-0.15, -0.1) is 0 Å². The predicted octanol–water partition coefficient (Wildman–Crippen LogP) is 5.17. The van der Waals surface area contributed by atoms with Gasteiger partial charge in [-0.1, -0.05) is 0 Å². The van der Waals surface area contributed by atoms with Crippen LogP contribution >= 0.6 is 0 Å². The Morgan fingerprint density at radius 2 is 1.54 bits per heavy atom. The van der Waals surface area contributed by atoms with Crippen LogP contribution in [0, 0.1) is 12.9 Å². The molecule has 0 spiro atoms. The number of halogens is 1.